The molecule has 0 bridgehead atoms. The van der Waals surface area contributed by atoms with Crippen LogP contribution in [0.5, 0.6) is 0 Å². The molecule has 3 N–H and O–H groups in total. The van der Waals surface area contributed by atoms with Gasteiger partial charge in [0.25, 0.3) is 17.0 Å². The highest BCUT2D eigenvalue weighted by Crippen LogP contribution is 2.19. The lowest BCUT2D eigenvalue weighted by atomic mass is 10.1. The van der Waals surface area contributed by atoms with E-state index in [-0.39, 0.29) is 30.1 Å². The number of nitrogens with one attached hydrogen (secondary N) is 3. The molecule has 0 unspecified atom stereocenters. The minimum Gasteiger partial charge on any atom is -0.351 e. The summed E-state index contributed by atoms with van der Waals surface area (Å²) in [5.41, 5.74) is 2.35. The Bertz CT molecular complexity index is 1500. The van der Waals surface area contributed by atoms with Crippen LogP contribution in [0.3, 0.4) is 0 Å². The molecule has 0 saturated carbocycles. The normalized spacial score (nSPS) is 10.6. The standard InChI is InChI=1S/C26H23N5O3/c1-3-13-31(16-18-9-10-22-21(14-18)25(33)30-17(2)29-22)23-20(11-12-27-26(23)34)15-28-24(32)19-7-5-4-6-8-19/h1,4-12,14H,13,15-16H2,2H3,(H,27,34)(H,28,32)(H,29,30,33). The van der Waals surface area contributed by atoms with Gasteiger partial charge in [-0.25, -0.2) is 4.98 Å². The molecular formula is C26H23N5O3. The predicted molar refractivity (Wildman–Crippen MR) is 132 cm³/mol. The van der Waals surface area contributed by atoms with Gasteiger partial charge < -0.3 is 20.2 Å². The van der Waals surface area contributed by atoms with E-state index in [9.17, 15) is 14.4 Å². The Labute approximate surface area is 195 Å². The third kappa shape index (κ3) is 4.89. The molecule has 2 heterocycles. The van der Waals surface area contributed by atoms with Crippen LogP contribution < -0.4 is 21.3 Å². The van der Waals surface area contributed by atoms with E-state index in [0.717, 1.165) is 5.56 Å². The van der Waals surface area contributed by atoms with E-state index >= 15 is 0 Å². The topological polar surface area (TPSA) is 111 Å². The van der Waals surface area contributed by atoms with Crippen molar-refractivity contribution < 1.29 is 4.79 Å². The Balaban J connectivity index is 1.64. The Hall–Kier alpha value is -4.64. The van der Waals surface area contributed by atoms with Crippen molar-refractivity contribution in [2.24, 2.45) is 0 Å². The maximum Gasteiger partial charge on any atom is 0.271 e. The van der Waals surface area contributed by atoms with Gasteiger partial charge in [-0.2, -0.15) is 0 Å². The number of benzene rings is 2. The van der Waals surface area contributed by atoms with Gasteiger partial charge in [0.1, 0.15) is 11.5 Å². The maximum absolute atomic E-state index is 12.8. The number of anilines is 1. The molecule has 0 aliphatic heterocycles. The van der Waals surface area contributed by atoms with E-state index in [0.29, 0.717) is 40.1 Å². The zero-order valence-corrected chi connectivity index (χ0v) is 18.6. The SMILES string of the molecule is C#CCN(Cc1ccc2nc(C)[nH]c(=O)c2c1)c1c(CNC(=O)c2ccccc2)cc[nH]c1=O. The van der Waals surface area contributed by atoms with E-state index in [2.05, 4.69) is 26.2 Å². The van der Waals surface area contributed by atoms with Gasteiger partial charge in [0.15, 0.2) is 0 Å². The van der Waals surface area contributed by atoms with E-state index in [4.69, 9.17) is 6.42 Å². The van der Waals surface area contributed by atoms with Gasteiger partial charge in [-0.1, -0.05) is 30.2 Å². The van der Waals surface area contributed by atoms with E-state index in [1.165, 1.54) is 6.20 Å². The first-order valence-electron chi connectivity index (χ1n) is 10.7. The molecule has 0 atom stereocenters. The number of hydrogen-bond donors (Lipinski definition) is 3. The second-order valence-corrected chi connectivity index (χ2v) is 7.79. The highest BCUT2D eigenvalue weighted by molar-refractivity contribution is 5.94. The summed E-state index contributed by atoms with van der Waals surface area (Å²) < 4.78 is 0. The third-order valence-electron chi connectivity index (χ3n) is 5.35. The minimum atomic E-state index is -0.322. The second kappa shape index (κ2) is 9.88. The van der Waals surface area contributed by atoms with Gasteiger partial charge in [-0.3, -0.25) is 14.4 Å². The number of pyridine rings is 1. The van der Waals surface area contributed by atoms with Crippen LogP contribution in [0, 0.1) is 19.3 Å². The Morgan fingerprint density at radius 1 is 1.12 bits per heavy atom. The highest BCUT2D eigenvalue weighted by atomic mass is 16.2. The fourth-order valence-corrected chi connectivity index (χ4v) is 3.81. The average molecular weight is 454 g/mol. The first-order valence-corrected chi connectivity index (χ1v) is 10.7. The van der Waals surface area contributed by atoms with Gasteiger partial charge in [0, 0.05) is 30.4 Å². The van der Waals surface area contributed by atoms with Crippen molar-refractivity contribution in [1.29, 1.82) is 0 Å². The van der Waals surface area contributed by atoms with Crippen molar-refractivity contribution in [3.8, 4) is 12.3 Å². The van der Waals surface area contributed by atoms with Crippen molar-refractivity contribution >= 4 is 22.5 Å². The lowest BCUT2D eigenvalue weighted by Crippen LogP contribution is -2.32. The van der Waals surface area contributed by atoms with Crippen LogP contribution in [0.4, 0.5) is 5.69 Å². The molecule has 0 spiro atoms. The number of aryl methyl sites for hydroxylation is 1. The number of aromatic amines is 2. The summed E-state index contributed by atoms with van der Waals surface area (Å²) in [6.45, 7) is 2.32. The van der Waals surface area contributed by atoms with E-state index < -0.39 is 0 Å². The fourth-order valence-electron chi connectivity index (χ4n) is 3.81. The van der Waals surface area contributed by atoms with Crippen LogP contribution in [0.1, 0.15) is 27.3 Å². The highest BCUT2D eigenvalue weighted by Gasteiger charge is 2.17. The maximum atomic E-state index is 12.8. The molecule has 0 fully saturated rings. The van der Waals surface area contributed by atoms with Crippen LogP contribution >= 0.6 is 0 Å². The number of fused-ring (bicyclic) bond motifs is 1. The number of hydrogen-bond acceptors (Lipinski definition) is 5. The summed E-state index contributed by atoms with van der Waals surface area (Å²) in [7, 11) is 0. The molecule has 0 saturated heterocycles. The van der Waals surface area contributed by atoms with Crippen molar-refractivity contribution in [2.75, 3.05) is 11.4 Å². The minimum absolute atomic E-state index is 0.147. The van der Waals surface area contributed by atoms with Gasteiger partial charge in [-0.05, 0) is 42.8 Å². The number of nitrogens with zero attached hydrogens (tertiary/aromatic N) is 2. The zero-order valence-electron chi connectivity index (χ0n) is 18.6. The molecule has 0 aliphatic rings. The number of H-pyrrole nitrogens is 2. The molecule has 1 amide bonds. The lowest BCUT2D eigenvalue weighted by Gasteiger charge is -2.24. The number of aromatic nitrogens is 3. The molecule has 2 aromatic heterocycles. The van der Waals surface area contributed by atoms with Gasteiger partial charge in [-0.15, -0.1) is 6.42 Å². The molecular weight excluding hydrogens is 430 g/mol. The Morgan fingerprint density at radius 2 is 1.91 bits per heavy atom. The summed E-state index contributed by atoms with van der Waals surface area (Å²) in [5, 5.41) is 3.32. The van der Waals surface area contributed by atoms with Crippen molar-refractivity contribution in [1.82, 2.24) is 20.3 Å². The fraction of sp³-hybridized carbons (Fsp3) is 0.154. The van der Waals surface area contributed by atoms with Crippen LogP contribution in [0.15, 0.2) is 70.4 Å². The monoisotopic (exact) mass is 453 g/mol. The van der Waals surface area contributed by atoms with Crippen LogP contribution in [-0.4, -0.2) is 27.4 Å². The number of amides is 1. The molecule has 2 aromatic carbocycles. The third-order valence-corrected chi connectivity index (χ3v) is 5.35. The summed E-state index contributed by atoms with van der Waals surface area (Å²) in [4.78, 5) is 49.2. The Kier molecular flexibility index (Phi) is 6.55. The lowest BCUT2D eigenvalue weighted by molar-refractivity contribution is 0.0951. The van der Waals surface area contributed by atoms with Crippen LogP contribution in [0.2, 0.25) is 0 Å². The summed E-state index contributed by atoms with van der Waals surface area (Å²) >= 11 is 0. The van der Waals surface area contributed by atoms with E-state index in [1.54, 1.807) is 54.3 Å². The van der Waals surface area contributed by atoms with E-state index in [1.807, 2.05) is 12.1 Å². The quantitative estimate of drug-likeness (QED) is 0.373. The van der Waals surface area contributed by atoms with Crippen LogP contribution in [-0.2, 0) is 13.1 Å². The summed E-state index contributed by atoms with van der Waals surface area (Å²) in [6.07, 6.45) is 7.15. The smallest absolute Gasteiger partial charge is 0.271 e. The van der Waals surface area contributed by atoms with Gasteiger partial charge >= 0.3 is 0 Å². The molecule has 34 heavy (non-hydrogen) atoms. The van der Waals surface area contributed by atoms with Crippen LogP contribution in [0.25, 0.3) is 10.9 Å². The molecule has 0 aliphatic carbocycles. The summed E-state index contributed by atoms with van der Waals surface area (Å²) in [5.74, 6) is 2.89. The molecule has 0 radical (unpaired) electrons. The zero-order chi connectivity index (χ0) is 24.1. The van der Waals surface area contributed by atoms with Crippen molar-refractivity contribution in [3.63, 3.8) is 0 Å². The predicted octanol–water partition coefficient (Wildman–Crippen LogP) is 2.49. The molecule has 170 valence electrons. The molecule has 8 heteroatoms. The molecule has 4 rings (SSSR count). The molecule has 8 nitrogen and oxygen atoms in total. The number of rotatable bonds is 7. The van der Waals surface area contributed by atoms with Gasteiger partial charge in [0.05, 0.1) is 17.4 Å². The first-order chi connectivity index (χ1) is 16.5. The first kappa shape index (κ1) is 22.6. The molecule has 4 aromatic rings. The Morgan fingerprint density at radius 3 is 2.68 bits per heavy atom. The number of carbonyl (C=O) groups is 1. The second-order valence-electron chi connectivity index (χ2n) is 7.79. The number of carbonyl (C=O) groups excluding carboxylic acids is 1. The summed E-state index contributed by atoms with van der Waals surface area (Å²) in [6, 6.07) is 16.0. The van der Waals surface area contributed by atoms with Crippen molar-refractivity contribution in [3.05, 3.63) is 104 Å². The number of terminal acetylenes is 1. The van der Waals surface area contributed by atoms with Crippen molar-refractivity contribution in [2.45, 2.75) is 20.0 Å². The van der Waals surface area contributed by atoms with Gasteiger partial charge in [0.2, 0.25) is 0 Å². The largest absolute Gasteiger partial charge is 0.351 e. The average Bonchev–Trinajstić information content (AvgIpc) is 2.83.